The van der Waals surface area contributed by atoms with Gasteiger partial charge in [-0.15, -0.1) is 0 Å². The molecule has 1 aliphatic carbocycles. The highest BCUT2D eigenvalue weighted by atomic mass is 19.1. The molecule has 0 bridgehead atoms. The van der Waals surface area contributed by atoms with E-state index in [1.807, 2.05) is 6.20 Å². The van der Waals surface area contributed by atoms with E-state index in [1.165, 1.54) is 30.6 Å². The maximum atomic E-state index is 15.1. The number of carbonyl (C=O) groups excluding carboxylic acids is 1. The van der Waals surface area contributed by atoms with Crippen molar-refractivity contribution in [1.29, 1.82) is 0 Å². The van der Waals surface area contributed by atoms with Crippen LogP contribution >= 0.6 is 0 Å². The van der Waals surface area contributed by atoms with E-state index in [1.54, 1.807) is 12.1 Å². The molecule has 0 atom stereocenters. The Kier molecular flexibility index (Phi) is 6.61. The van der Waals surface area contributed by atoms with Gasteiger partial charge in [0, 0.05) is 50.5 Å². The number of carbonyl (C=O) groups is 1. The summed E-state index contributed by atoms with van der Waals surface area (Å²) in [6.07, 6.45) is 5.46. The Hall–Kier alpha value is -4.09. The van der Waals surface area contributed by atoms with Crippen LogP contribution in [0.5, 0.6) is 0 Å². The minimum absolute atomic E-state index is 0.0232. The van der Waals surface area contributed by atoms with E-state index in [-0.39, 0.29) is 11.4 Å². The zero-order valence-corrected chi connectivity index (χ0v) is 21.6. The highest BCUT2D eigenvalue weighted by molar-refractivity contribution is 6.02. The molecule has 2 fully saturated rings. The number of benzene rings is 2. The lowest BCUT2D eigenvalue weighted by Crippen LogP contribution is -2.43. The number of anilines is 3. The Morgan fingerprint density at radius 2 is 1.69 bits per heavy atom. The number of fused-ring (bicyclic) bond motifs is 1. The summed E-state index contributed by atoms with van der Waals surface area (Å²) in [6.45, 7) is 4.45. The summed E-state index contributed by atoms with van der Waals surface area (Å²) in [5.74, 6) is -0.846. The van der Waals surface area contributed by atoms with Gasteiger partial charge in [0.15, 0.2) is 0 Å². The molecule has 4 N–H and O–H groups in total. The van der Waals surface area contributed by atoms with Gasteiger partial charge in [-0.3, -0.25) is 4.90 Å². The lowest BCUT2D eigenvalue weighted by molar-refractivity contribution is 0.148. The molecule has 2 aromatic heterocycles. The number of amides is 2. The zero-order valence-electron chi connectivity index (χ0n) is 21.6. The van der Waals surface area contributed by atoms with Crippen LogP contribution in [-0.4, -0.2) is 63.6 Å². The van der Waals surface area contributed by atoms with Crippen LogP contribution in [0.15, 0.2) is 48.9 Å². The van der Waals surface area contributed by atoms with Gasteiger partial charge < -0.3 is 25.8 Å². The van der Waals surface area contributed by atoms with Gasteiger partial charge in [-0.05, 0) is 55.3 Å². The number of rotatable bonds is 6. The maximum absolute atomic E-state index is 15.1. The van der Waals surface area contributed by atoms with Crippen LogP contribution in [0.1, 0.15) is 24.4 Å². The van der Waals surface area contributed by atoms with Crippen molar-refractivity contribution in [3.05, 3.63) is 66.1 Å². The van der Waals surface area contributed by atoms with E-state index >= 15 is 4.39 Å². The van der Waals surface area contributed by atoms with Crippen LogP contribution in [-0.2, 0) is 6.54 Å². The maximum Gasteiger partial charge on any atom is 0.323 e. The molecule has 1 aliphatic heterocycles. The molecular weight excluding hydrogens is 502 g/mol. The monoisotopic (exact) mass is 532 g/mol. The molecule has 9 nitrogen and oxygen atoms in total. The average Bonchev–Trinajstić information content (AvgIpc) is 3.68. The third-order valence-electron chi connectivity index (χ3n) is 7.39. The van der Waals surface area contributed by atoms with Gasteiger partial charge in [0.1, 0.15) is 29.4 Å². The molecular formula is C28H30F2N8O. The first-order valence-corrected chi connectivity index (χ1v) is 13.0. The first kappa shape index (κ1) is 25.2. The fourth-order valence-electron chi connectivity index (χ4n) is 5.04. The van der Waals surface area contributed by atoms with Crippen molar-refractivity contribution in [1.82, 2.24) is 24.3 Å². The molecule has 202 valence electrons. The predicted molar refractivity (Wildman–Crippen MR) is 147 cm³/mol. The van der Waals surface area contributed by atoms with Crippen LogP contribution in [0.2, 0.25) is 0 Å². The van der Waals surface area contributed by atoms with Crippen molar-refractivity contribution in [3.8, 4) is 11.1 Å². The average molecular weight is 533 g/mol. The van der Waals surface area contributed by atoms with Gasteiger partial charge in [-0.25, -0.2) is 23.5 Å². The minimum Gasteiger partial charge on any atom is -0.383 e. The van der Waals surface area contributed by atoms with Crippen LogP contribution in [0.25, 0.3) is 22.2 Å². The number of nitrogen functional groups attached to an aromatic ring is 1. The number of nitrogens with two attached hydrogens (primary N) is 1. The van der Waals surface area contributed by atoms with E-state index in [2.05, 4.69) is 42.0 Å². The molecule has 11 heteroatoms. The standard InChI is InChI=1S/C28H30F2N8O/c1-36-8-10-37(11-9-36)14-17-2-6-23(21(29)12-17)34-28(39)35-24-7-3-18(13-22(24)30)20-15-38(19-4-5-19)27-25(20)26(31)32-16-33-27/h2-3,6-7,12-13,15-16,19H,4-5,8-11,14H2,1H3,(H2,31,32,33)(H2,34,35,39). The molecule has 4 aromatic rings. The Morgan fingerprint density at radius 1 is 1.00 bits per heavy atom. The Bertz CT molecular complexity index is 1540. The summed E-state index contributed by atoms with van der Waals surface area (Å²) in [7, 11) is 2.09. The first-order valence-electron chi connectivity index (χ1n) is 13.0. The molecule has 1 saturated heterocycles. The molecule has 2 aliphatic rings. The smallest absolute Gasteiger partial charge is 0.323 e. The Balaban J connectivity index is 1.14. The van der Waals surface area contributed by atoms with Crippen LogP contribution in [0.3, 0.4) is 0 Å². The zero-order chi connectivity index (χ0) is 27.1. The van der Waals surface area contributed by atoms with Crippen molar-refractivity contribution in [2.45, 2.75) is 25.4 Å². The molecule has 39 heavy (non-hydrogen) atoms. The normalized spacial score (nSPS) is 16.5. The Labute approximate surface area is 224 Å². The molecule has 6 rings (SSSR count). The molecule has 3 heterocycles. The quantitative estimate of drug-likeness (QED) is 0.333. The number of aromatic nitrogens is 3. The lowest BCUT2D eigenvalue weighted by Gasteiger charge is -2.32. The fraction of sp³-hybridized carbons (Fsp3) is 0.321. The van der Waals surface area contributed by atoms with Crippen LogP contribution < -0.4 is 16.4 Å². The molecule has 0 unspecified atom stereocenters. The number of piperazine rings is 1. The van der Waals surface area contributed by atoms with E-state index in [4.69, 9.17) is 5.73 Å². The topological polar surface area (TPSA) is 104 Å². The first-order chi connectivity index (χ1) is 18.9. The number of nitrogens with one attached hydrogen (secondary N) is 2. The molecule has 2 amide bonds. The summed E-state index contributed by atoms with van der Waals surface area (Å²) in [6, 6.07) is 8.87. The summed E-state index contributed by atoms with van der Waals surface area (Å²) in [4.78, 5) is 25.6. The van der Waals surface area contributed by atoms with Crippen LogP contribution in [0, 0.1) is 11.6 Å². The molecule has 2 aromatic carbocycles. The van der Waals surface area contributed by atoms with Crippen molar-refractivity contribution in [2.75, 3.05) is 49.6 Å². The third-order valence-corrected chi connectivity index (χ3v) is 7.39. The van der Waals surface area contributed by atoms with Crippen molar-refractivity contribution >= 4 is 34.3 Å². The third kappa shape index (κ3) is 5.27. The fourth-order valence-corrected chi connectivity index (χ4v) is 5.04. The molecule has 1 saturated carbocycles. The van der Waals surface area contributed by atoms with E-state index in [9.17, 15) is 9.18 Å². The van der Waals surface area contributed by atoms with E-state index in [0.717, 1.165) is 55.8 Å². The minimum atomic E-state index is -0.740. The number of urea groups is 1. The van der Waals surface area contributed by atoms with Gasteiger partial charge in [-0.1, -0.05) is 12.1 Å². The number of likely N-dealkylation sites (N-methyl/N-ethyl adjacent to an activating group) is 1. The summed E-state index contributed by atoms with van der Waals surface area (Å²) in [5, 5.41) is 5.62. The van der Waals surface area contributed by atoms with Gasteiger partial charge in [-0.2, -0.15) is 0 Å². The van der Waals surface area contributed by atoms with E-state index < -0.39 is 17.7 Å². The number of hydrogen-bond acceptors (Lipinski definition) is 6. The summed E-state index contributed by atoms with van der Waals surface area (Å²) in [5.41, 5.74) is 9.01. The largest absolute Gasteiger partial charge is 0.383 e. The highest BCUT2D eigenvalue weighted by Crippen LogP contribution is 2.42. The van der Waals surface area contributed by atoms with Gasteiger partial charge >= 0.3 is 6.03 Å². The number of halogens is 2. The second kappa shape index (κ2) is 10.2. The molecule has 0 radical (unpaired) electrons. The van der Waals surface area contributed by atoms with E-state index in [0.29, 0.717) is 29.4 Å². The summed E-state index contributed by atoms with van der Waals surface area (Å²) >= 11 is 0. The van der Waals surface area contributed by atoms with Crippen molar-refractivity contribution < 1.29 is 13.6 Å². The SMILES string of the molecule is CN1CCN(Cc2ccc(NC(=O)Nc3ccc(-c4cn(C5CC5)c5ncnc(N)c45)cc3F)c(F)c2)CC1. The van der Waals surface area contributed by atoms with Gasteiger partial charge in [0.05, 0.1) is 16.8 Å². The Morgan fingerprint density at radius 3 is 2.36 bits per heavy atom. The second-order valence-electron chi connectivity index (χ2n) is 10.3. The number of hydrogen-bond donors (Lipinski definition) is 3. The lowest BCUT2D eigenvalue weighted by atomic mass is 10.1. The van der Waals surface area contributed by atoms with Crippen molar-refractivity contribution in [2.24, 2.45) is 0 Å². The molecule has 0 spiro atoms. The van der Waals surface area contributed by atoms with Gasteiger partial charge in [0.25, 0.3) is 0 Å². The van der Waals surface area contributed by atoms with Crippen LogP contribution in [0.4, 0.5) is 30.8 Å². The van der Waals surface area contributed by atoms with Gasteiger partial charge in [0.2, 0.25) is 0 Å². The van der Waals surface area contributed by atoms with Crippen molar-refractivity contribution in [3.63, 3.8) is 0 Å². The summed E-state index contributed by atoms with van der Waals surface area (Å²) < 4.78 is 31.9. The number of nitrogens with zero attached hydrogens (tertiary/aromatic N) is 5. The predicted octanol–water partition coefficient (Wildman–Crippen LogP) is 4.69. The second-order valence-corrected chi connectivity index (χ2v) is 10.3. The highest BCUT2D eigenvalue weighted by Gasteiger charge is 2.28.